The molecule has 0 atom stereocenters. The van der Waals surface area contributed by atoms with Crippen molar-refractivity contribution < 1.29 is 4.74 Å². The molecule has 0 unspecified atom stereocenters. The molecule has 0 amide bonds. The Balaban J connectivity index is 1.72. The highest BCUT2D eigenvalue weighted by atomic mass is 35.5. The van der Waals surface area contributed by atoms with Gasteiger partial charge in [0.1, 0.15) is 0 Å². The van der Waals surface area contributed by atoms with Crippen LogP contribution in [-0.2, 0) is 12.3 Å². The molecule has 0 radical (unpaired) electrons. The summed E-state index contributed by atoms with van der Waals surface area (Å²) in [5.74, 6) is 0.929. The zero-order valence-corrected chi connectivity index (χ0v) is 10.8. The van der Waals surface area contributed by atoms with Crippen molar-refractivity contribution in [2.45, 2.75) is 18.7 Å². The Morgan fingerprint density at radius 2 is 1.83 bits per heavy atom. The van der Waals surface area contributed by atoms with Gasteiger partial charge in [-0.05, 0) is 24.5 Å². The van der Waals surface area contributed by atoms with Gasteiger partial charge in [0.25, 0.3) is 0 Å². The van der Waals surface area contributed by atoms with Gasteiger partial charge < -0.3 is 4.74 Å². The molecular weight excluding hydrogens is 248 g/mol. The molecule has 0 spiro atoms. The smallest absolute Gasteiger partial charge is 0.233 e. The van der Waals surface area contributed by atoms with E-state index in [-0.39, 0.29) is 0 Å². The van der Waals surface area contributed by atoms with E-state index < -0.39 is 0 Å². The molecule has 2 aromatic rings. The maximum Gasteiger partial charge on any atom is 0.233 e. The highest BCUT2D eigenvalue weighted by Gasteiger charge is 1.98. The average molecular weight is 263 g/mol. The number of nitrogens with zero attached hydrogens (tertiary/aromatic N) is 2. The van der Waals surface area contributed by atoms with Crippen molar-refractivity contribution in [1.29, 1.82) is 0 Å². The maximum absolute atomic E-state index is 5.63. The van der Waals surface area contributed by atoms with Gasteiger partial charge in [0.15, 0.2) is 0 Å². The van der Waals surface area contributed by atoms with E-state index in [4.69, 9.17) is 16.3 Å². The summed E-state index contributed by atoms with van der Waals surface area (Å²) in [5.41, 5.74) is 2.08. The number of rotatable bonds is 6. The molecule has 1 heterocycles. The van der Waals surface area contributed by atoms with Crippen molar-refractivity contribution in [3.8, 4) is 5.88 Å². The number of aryl methyl sites for hydroxylation is 1. The average Bonchev–Trinajstić information content (AvgIpc) is 2.45. The van der Waals surface area contributed by atoms with Crippen LogP contribution in [0.25, 0.3) is 0 Å². The van der Waals surface area contributed by atoms with Crippen molar-refractivity contribution in [3.63, 3.8) is 0 Å². The lowest BCUT2D eigenvalue weighted by molar-refractivity contribution is 0.295. The van der Waals surface area contributed by atoms with E-state index in [1.807, 2.05) is 24.3 Å². The predicted octanol–water partition coefficient (Wildman–Crippen LogP) is 3.23. The second-order valence-corrected chi connectivity index (χ2v) is 4.20. The Morgan fingerprint density at radius 1 is 1.00 bits per heavy atom. The summed E-state index contributed by atoms with van der Waals surface area (Å²) >= 11 is 5.63. The van der Waals surface area contributed by atoms with E-state index in [9.17, 15) is 0 Å². The first kappa shape index (κ1) is 12.8. The standard InChI is InChI=1S/C14H15ClN2O/c15-11-13-8-9-14(17-16-13)18-10-4-7-12-5-2-1-3-6-12/h1-3,5-6,8-9H,4,7,10-11H2. The lowest BCUT2D eigenvalue weighted by Crippen LogP contribution is -2.02. The Kier molecular flexibility index (Phi) is 4.97. The number of alkyl halides is 1. The molecule has 0 saturated carbocycles. The fourth-order valence-corrected chi connectivity index (χ4v) is 1.74. The third-order valence-electron chi connectivity index (χ3n) is 2.53. The quantitative estimate of drug-likeness (QED) is 0.592. The number of aromatic nitrogens is 2. The number of hydrogen-bond donors (Lipinski definition) is 0. The van der Waals surface area contributed by atoms with Crippen molar-refractivity contribution in [2.75, 3.05) is 6.61 Å². The van der Waals surface area contributed by atoms with E-state index in [2.05, 4.69) is 22.3 Å². The molecule has 0 saturated heterocycles. The van der Waals surface area contributed by atoms with Crippen LogP contribution in [0.2, 0.25) is 0 Å². The Bertz CT molecular complexity index is 459. The predicted molar refractivity (Wildman–Crippen MR) is 71.8 cm³/mol. The van der Waals surface area contributed by atoms with Crippen LogP contribution in [0, 0.1) is 0 Å². The van der Waals surface area contributed by atoms with Crippen LogP contribution in [0.15, 0.2) is 42.5 Å². The molecule has 0 N–H and O–H groups in total. The van der Waals surface area contributed by atoms with E-state index in [0.717, 1.165) is 18.5 Å². The third-order valence-corrected chi connectivity index (χ3v) is 2.81. The largest absolute Gasteiger partial charge is 0.477 e. The first-order valence-electron chi connectivity index (χ1n) is 5.94. The highest BCUT2D eigenvalue weighted by molar-refractivity contribution is 6.16. The first-order valence-corrected chi connectivity index (χ1v) is 6.47. The molecule has 0 aliphatic heterocycles. The van der Waals surface area contributed by atoms with E-state index in [0.29, 0.717) is 18.4 Å². The van der Waals surface area contributed by atoms with E-state index >= 15 is 0 Å². The first-order chi connectivity index (χ1) is 8.88. The minimum atomic E-state index is 0.376. The minimum Gasteiger partial charge on any atom is -0.477 e. The van der Waals surface area contributed by atoms with Crippen LogP contribution in [0.1, 0.15) is 17.7 Å². The number of benzene rings is 1. The highest BCUT2D eigenvalue weighted by Crippen LogP contribution is 2.08. The van der Waals surface area contributed by atoms with Gasteiger partial charge in [0.05, 0.1) is 18.2 Å². The Morgan fingerprint density at radius 3 is 2.50 bits per heavy atom. The number of ether oxygens (including phenoxy) is 1. The van der Waals surface area contributed by atoms with Crippen LogP contribution in [0.3, 0.4) is 0 Å². The lowest BCUT2D eigenvalue weighted by Gasteiger charge is -2.04. The van der Waals surface area contributed by atoms with E-state index in [1.165, 1.54) is 5.56 Å². The maximum atomic E-state index is 5.63. The second-order valence-electron chi connectivity index (χ2n) is 3.93. The van der Waals surface area contributed by atoms with Crippen LogP contribution in [0.4, 0.5) is 0 Å². The number of hydrogen-bond acceptors (Lipinski definition) is 3. The van der Waals surface area contributed by atoms with Gasteiger partial charge in [-0.25, -0.2) is 0 Å². The molecule has 4 heteroatoms. The molecule has 0 bridgehead atoms. The SMILES string of the molecule is ClCc1ccc(OCCCc2ccccc2)nn1. The van der Waals surface area contributed by atoms with Crippen LogP contribution in [0.5, 0.6) is 5.88 Å². The molecule has 0 aliphatic carbocycles. The van der Waals surface area contributed by atoms with Gasteiger partial charge in [0, 0.05) is 6.07 Å². The lowest BCUT2D eigenvalue weighted by atomic mass is 10.1. The van der Waals surface area contributed by atoms with Crippen LogP contribution in [-0.4, -0.2) is 16.8 Å². The summed E-state index contributed by atoms with van der Waals surface area (Å²) in [6.45, 7) is 0.643. The van der Waals surface area contributed by atoms with Crippen molar-refractivity contribution in [3.05, 3.63) is 53.7 Å². The number of halogens is 1. The topological polar surface area (TPSA) is 35.0 Å². The normalized spacial score (nSPS) is 10.3. The second kappa shape index (κ2) is 6.97. The minimum absolute atomic E-state index is 0.376. The molecule has 1 aromatic heterocycles. The summed E-state index contributed by atoms with van der Waals surface area (Å²) in [6, 6.07) is 14.0. The Labute approximate surface area is 112 Å². The van der Waals surface area contributed by atoms with E-state index in [1.54, 1.807) is 6.07 Å². The molecule has 18 heavy (non-hydrogen) atoms. The fourth-order valence-electron chi connectivity index (χ4n) is 1.59. The molecule has 0 aliphatic rings. The molecule has 0 fully saturated rings. The monoisotopic (exact) mass is 262 g/mol. The molecule has 3 nitrogen and oxygen atoms in total. The van der Waals surface area contributed by atoms with Crippen molar-refractivity contribution in [2.24, 2.45) is 0 Å². The van der Waals surface area contributed by atoms with Crippen LogP contribution >= 0.6 is 11.6 Å². The van der Waals surface area contributed by atoms with Gasteiger partial charge >= 0.3 is 0 Å². The summed E-state index contributed by atoms with van der Waals surface area (Å²) in [6.07, 6.45) is 1.97. The van der Waals surface area contributed by atoms with Crippen LogP contribution < -0.4 is 4.74 Å². The van der Waals surface area contributed by atoms with Crippen molar-refractivity contribution in [1.82, 2.24) is 10.2 Å². The molecule has 2 rings (SSSR count). The van der Waals surface area contributed by atoms with Crippen molar-refractivity contribution >= 4 is 11.6 Å². The third kappa shape index (κ3) is 4.00. The summed E-state index contributed by atoms with van der Waals surface area (Å²) < 4.78 is 5.51. The Hall–Kier alpha value is -1.61. The van der Waals surface area contributed by atoms with Gasteiger partial charge in [-0.1, -0.05) is 30.3 Å². The zero-order valence-electron chi connectivity index (χ0n) is 10.1. The molecule has 94 valence electrons. The van der Waals surface area contributed by atoms with Gasteiger partial charge in [-0.2, -0.15) is 5.10 Å². The zero-order chi connectivity index (χ0) is 12.6. The van der Waals surface area contributed by atoms with Gasteiger partial charge in [-0.15, -0.1) is 16.7 Å². The summed E-state index contributed by atoms with van der Waals surface area (Å²) in [4.78, 5) is 0. The molecular formula is C14H15ClN2O. The van der Waals surface area contributed by atoms with Gasteiger partial charge in [-0.3, -0.25) is 0 Å². The fraction of sp³-hybridized carbons (Fsp3) is 0.286. The van der Waals surface area contributed by atoms with Gasteiger partial charge in [0.2, 0.25) is 5.88 Å². The summed E-state index contributed by atoms with van der Waals surface area (Å²) in [5, 5.41) is 7.86. The summed E-state index contributed by atoms with van der Waals surface area (Å²) in [7, 11) is 0. The molecule has 1 aromatic carbocycles.